The van der Waals surface area contributed by atoms with E-state index in [0.717, 1.165) is 51.9 Å². The minimum atomic E-state index is -0.709. The minimum Gasteiger partial charge on any atom is -0.453 e. The van der Waals surface area contributed by atoms with Gasteiger partial charge in [0, 0.05) is 57.1 Å². The van der Waals surface area contributed by atoms with Crippen molar-refractivity contribution in [1.82, 2.24) is 33.6 Å². The lowest BCUT2D eigenvalue weighted by molar-refractivity contribution is -0.133. The first-order valence-electron chi connectivity index (χ1n) is 19.0. The van der Waals surface area contributed by atoms with Crippen molar-refractivity contribution in [2.45, 2.75) is 31.6 Å². The second kappa shape index (κ2) is 16.7. The molecule has 294 valence electrons. The second-order valence-electron chi connectivity index (χ2n) is 14.4. The Hall–Kier alpha value is -5.83. The summed E-state index contributed by atoms with van der Waals surface area (Å²) in [7, 11) is 0. The minimum absolute atomic E-state index is 0.0114. The van der Waals surface area contributed by atoms with Gasteiger partial charge in [0.15, 0.2) is 11.6 Å². The Morgan fingerprint density at radius 1 is 0.930 bits per heavy atom. The van der Waals surface area contributed by atoms with Crippen LogP contribution in [0.25, 0.3) is 16.6 Å². The molecule has 0 radical (unpaired) electrons. The van der Waals surface area contributed by atoms with Crippen LogP contribution in [0, 0.1) is 23.0 Å². The smallest absolute Gasteiger partial charge is 0.266 e. The third-order valence-electron chi connectivity index (χ3n) is 10.7. The number of anilines is 3. The summed E-state index contributed by atoms with van der Waals surface area (Å²) in [5.74, 6) is -0.401. The number of amides is 1. The summed E-state index contributed by atoms with van der Waals surface area (Å²) in [4.78, 5) is 46.4. The molecule has 0 saturated carbocycles. The Morgan fingerprint density at radius 3 is 2.40 bits per heavy atom. The fraction of sp³-hybridized carbons (Fsp3) is 0.350. The van der Waals surface area contributed by atoms with Gasteiger partial charge in [0.25, 0.3) is 5.56 Å². The summed E-state index contributed by atoms with van der Waals surface area (Å²) >= 11 is 1.37. The summed E-state index contributed by atoms with van der Waals surface area (Å²) in [6.45, 7) is 5.75. The molecule has 14 nitrogen and oxygen atoms in total. The zero-order valence-electron chi connectivity index (χ0n) is 31.1. The van der Waals surface area contributed by atoms with Crippen molar-refractivity contribution < 1.29 is 18.3 Å². The monoisotopic (exact) mass is 793 g/mol. The van der Waals surface area contributed by atoms with Gasteiger partial charge in [-0.25, -0.2) is 28.0 Å². The molecule has 0 spiro atoms. The fourth-order valence-corrected chi connectivity index (χ4v) is 8.38. The van der Waals surface area contributed by atoms with Crippen LogP contribution in [0.1, 0.15) is 42.7 Å². The molecule has 0 bridgehead atoms. The van der Waals surface area contributed by atoms with Crippen LogP contribution in [0.3, 0.4) is 0 Å². The molecule has 3 saturated heterocycles. The summed E-state index contributed by atoms with van der Waals surface area (Å²) in [6, 6.07) is 14.3. The molecular formula is C40H41F2N11O3S. The van der Waals surface area contributed by atoms with Gasteiger partial charge in [0.05, 0.1) is 41.2 Å². The van der Waals surface area contributed by atoms with E-state index in [2.05, 4.69) is 34.9 Å². The van der Waals surface area contributed by atoms with Crippen LogP contribution in [0.2, 0.25) is 0 Å². The first kappa shape index (κ1) is 38.1. The number of benzene rings is 3. The molecule has 3 aromatic carbocycles. The van der Waals surface area contributed by atoms with Gasteiger partial charge in [0.2, 0.25) is 11.9 Å². The van der Waals surface area contributed by atoms with Crippen LogP contribution in [0.15, 0.2) is 72.0 Å². The number of piperazine rings is 1. The number of halogens is 2. The summed E-state index contributed by atoms with van der Waals surface area (Å²) in [5, 5.41) is 10.2. The predicted molar refractivity (Wildman–Crippen MR) is 214 cm³/mol. The van der Waals surface area contributed by atoms with Crippen molar-refractivity contribution in [1.29, 1.82) is 5.26 Å². The largest absolute Gasteiger partial charge is 0.453 e. The number of aromatic nitrogens is 4. The summed E-state index contributed by atoms with van der Waals surface area (Å²) < 4.78 is 42.0. The number of fused-ring (bicyclic) bond motifs is 1. The number of carbonyl (C=O) groups is 1. The van der Waals surface area contributed by atoms with E-state index < -0.39 is 11.4 Å². The SMILES string of the molecule is N#Cc1c(NSN2CCCC2)ccc(F)c1Oc1ccc2ncn(-c3cnc(N4CCN(C(=O)CN5CCC(c6ccc(N)cc6F)CC5)CC4)nc3)c(=O)c2c1. The van der Waals surface area contributed by atoms with E-state index >= 15 is 4.39 Å². The maximum atomic E-state index is 15.1. The molecule has 3 fully saturated rings. The highest BCUT2D eigenvalue weighted by atomic mass is 32.2. The number of hydrogen-bond donors (Lipinski definition) is 2. The lowest BCUT2D eigenvalue weighted by Gasteiger charge is -2.37. The van der Waals surface area contributed by atoms with Crippen LogP contribution in [-0.4, -0.2) is 98.4 Å². The molecule has 8 rings (SSSR count). The van der Waals surface area contributed by atoms with Crippen molar-refractivity contribution in [3.8, 4) is 23.3 Å². The third kappa shape index (κ3) is 8.34. The van der Waals surface area contributed by atoms with Crippen molar-refractivity contribution in [3.05, 3.63) is 100 Å². The molecule has 0 unspecified atom stereocenters. The van der Waals surface area contributed by atoms with Gasteiger partial charge >= 0.3 is 0 Å². The topological polar surface area (TPSA) is 162 Å². The first-order valence-corrected chi connectivity index (χ1v) is 19.7. The number of hydrogen-bond acceptors (Lipinski definition) is 13. The van der Waals surface area contributed by atoms with E-state index in [1.54, 1.807) is 36.7 Å². The number of ether oxygens (including phenoxy) is 1. The van der Waals surface area contributed by atoms with Crippen LogP contribution >= 0.6 is 12.1 Å². The molecule has 3 aliphatic heterocycles. The molecule has 5 heterocycles. The van der Waals surface area contributed by atoms with Gasteiger partial charge in [-0.05, 0) is 92.7 Å². The molecular weight excluding hydrogens is 753 g/mol. The lowest BCUT2D eigenvalue weighted by atomic mass is 9.89. The lowest BCUT2D eigenvalue weighted by Crippen LogP contribution is -2.52. The van der Waals surface area contributed by atoms with E-state index in [4.69, 9.17) is 10.5 Å². The molecule has 2 aromatic heterocycles. The number of nitriles is 1. The van der Waals surface area contributed by atoms with E-state index in [-0.39, 0.29) is 40.1 Å². The van der Waals surface area contributed by atoms with E-state index in [0.29, 0.717) is 66.8 Å². The second-order valence-corrected chi connectivity index (χ2v) is 15.3. The number of carbonyl (C=O) groups excluding carboxylic acids is 1. The number of piperidine rings is 1. The zero-order valence-corrected chi connectivity index (χ0v) is 31.9. The van der Waals surface area contributed by atoms with E-state index in [9.17, 15) is 19.2 Å². The highest BCUT2D eigenvalue weighted by molar-refractivity contribution is 7.98. The number of rotatable bonds is 10. The van der Waals surface area contributed by atoms with Gasteiger partial charge in [-0.3, -0.25) is 19.1 Å². The van der Waals surface area contributed by atoms with Crippen LogP contribution in [-0.2, 0) is 4.79 Å². The van der Waals surface area contributed by atoms with Crippen molar-refractivity contribution in [3.63, 3.8) is 0 Å². The molecule has 57 heavy (non-hydrogen) atoms. The highest BCUT2D eigenvalue weighted by Crippen LogP contribution is 2.36. The van der Waals surface area contributed by atoms with Crippen LogP contribution in [0.4, 0.5) is 26.1 Å². The van der Waals surface area contributed by atoms with Crippen LogP contribution < -0.4 is 25.7 Å². The Balaban J connectivity index is 0.881. The zero-order chi connectivity index (χ0) is 39.5. The van der Waals surface area contributed by atoms with Crippen molar-refractivity contribution in [2.75, 3.05) is 74.3 Å². The fourth-order valence-electron chi connectivity index (χ4n) is 7.54. The average Bonchev–Trinajstić information content (AvgIpc) is 3.76. The maximum absolute atomic E-state index is 15.1. The number of nitrogens with zero attached hydrogens (tertiary/aromatic N) is 9. The Kier molecular flexibility index (Phi) is 11.2. The number of likely N-dealkylation sites (tertiary alicyclic amines) is 1. The van der Waals surface area contributed by atoms with Gasteiger partial charge in [-0.15, -0.1) is 0 Å². The first-order chi connectivity index (χ1) is 27.7. The molecule has 17 heteroatoms. The van der Waals surface area contributed by atoms with Gasteiger partial charge in [0.1, 0.15) is 29.5 Å². The number of nitrogens with one attached hydrogen (secondary N) is 1. The van der Waals surface area contributed by atoms with Crippen molar-refractivity contribution in [2.24, 2.45) is 0 Å². The summed E-state index contributed by atoms with van der Waals surface area (Å²) in [6.07, 6.45) is 8.24. The third-order valence-corrected chi connectivity index (χ3v) is 11.7. The molecule has 3 aliphatic rings. The summed E-state index contributed by atoms with van der Waals surface area (Å²) in [5.41, 5.74) is 7.65. The van der Waals surface area contributed by atoms with E-state index in [1.165, 1.54) is 47.3 Å². The van der Waals surface area contributed by atoms with Gasteiger partial charge in [-0.2, -0.15) is 5.26 Å². The van der Waals surface area contributed by atoms with Gasteiger partial charge in [-0.1, -0.05) is 6.07 Å². The predicted octanol–water partition coefficient (Wildman–Crippen LogP) is 5.30. The molecule has 5 aromatic rings. The average molecular weight is 794 g/mol. The molecule has 0 atom stereocenters. The van der Waals surface area contributed by atoms with Gasteiger partial charge < -0.3 is 25.0 Å². The highest BCUT2D eigenvalue weighted by Gasteiger charge is 2.28. The number of nitrogens with two attached hydrogens (primary N) is 1. The Bertz CT molecular complexity index is 2370. The molecule has 0 aliphatic carbocycles. The van der Waals surface area contributed by atoms with E-state index in [1.807, 2.05) is 9.80 Å². The Morgan fingerprint density at radius 2 is 1.68 bits per heavy atom. The number of nitrogen functional groups attached to an aromatic ring is 1. The van der Waals surface area contributed by atoms with Crippen LogP contribution in [0.5, 0.6) is 11.5 Å². The quantitative estimate of drug-likeness (QED) is 0.139. The maximum Gasteiger partial charge on any atom is 0.266 e. The molecule has 3 N–H and O–H groups in total. The molecule has 1 amide bonds. The van der Waals surface area contributed by atoms with Crippen molar-refractivity contribution >= 4 is 46.3 Å². The standard InChI is InChI=1S/C40H41F2N11O3S/c41-33-6-8-36(48-57-52-11-1-2-12-52)32(21-43)38(33)56-29-4-7-35-31(20-29)39(55)53(25-47-35)28-22-45-40(46-23-28)51-17-15-50(16-18-51)37(54)24-49-13-9-26(10-14-49)30-5-3-27(44)19-34(30)42/h3-8,19-20,22-23,25-26,48H,1-2,9-18,24,44H2. The normalized spacial score (nSPS) is 16.9. The Labute approximate surface area is 332 Å².